The molecule has 216 valence electrons. The van der Waals surface area contributed by atoms with Gasteiger partial charge in [0.1, 0.15) is 11.5 Å². The smallest absolute Gasteiger partial charge is 0.367 e. The number of hydrogen-bond acceptors (Lipinski definition) is 4. The van der Waals surface area contributed by atoms with Gasteiger partial charge in [0, 0.05) is 0 Å². The standard InChI is InChI=1S/C32H52N3O4/c1-23(2)27-15-13-25(5)29(17-27)38-31(36)19-33(7,8)21-35(11,12)22-34(9,10)20-32(37)39-30-18-28(24(3)4)16-14-26(30)6/h13-18,23-24H,19-22H2,1-12H3/q+3. The molecule has 0 aliphatic carbocycles. The van der Waals surface area contributed by atoms with Crippen molar-refractivity contribution in [1.82, 2.24) is 0 Å². The molecule has 2 aromatic rings. The number of carbonyl (C=O) groups is 2. The monoisotopic (exact) mass is 542 g/mol. The second-order valence-corrected chi connectivity index (χ2v) is 13.7. The number of aryl methyl sites for hydroxylation is 2. The molecule has 0 atom stereocenters. The summed E-state index contributed by atoms with van der Waals surface area (Å²) in [6.07, 6.45) is 0. The molecule has 7 nitrogen and oxygen atoms in total. The molecule has 7 heteroatoms. The minimum absolute atomic E-state index is 0.244. The van der Waals surface area contributed by atoms with E-state index in [-0.39, 0.29) is 25.0 Å². The predicted octanol–water partition coefficient (Wildman–Crippen LogP) is 5.21. The molecule has 0 aliphatic rings. The zero-order chi connectivity index (χ0) is 29.8. The lowest BCUT2D eigenvalue weighted by Crippen LogP contribution is -2.64. The summed E-state index contributed by atoms with van der Waals surface area (Å²) in [6.45, 7) is 14.3. The minimum atomic E-state index is -0.250. The largest absolute Gasteiger partial charge is 0.422 e. The number of esters is 2. The molecule has 39 heavy (non-hydrogen) atoms. The van der Waals surface area contributed by atoms with Gasteiger partial charge in [-0.05, 0) is 60.1 Å². The van der Waals surface area contributed by atoms with Crippen LogP contribution in [0.5, 0.6) is 11.5 Å². The van der Waals surface area contributed by atoms with Gasteiger partial charge < -0.3 is 9.47 Å². The first kappa shape index (κ1) is 32.5. The van der Waals surface area contributed by atoms with Crippen molar-refractivity contribution in [2.24, 2.45) is 0 Å². The van der Waals surface area contributed by atoms with Gasteiger partial charge in [0.2, 0.25) is 13.3 Å². The fraction of sp³-hybridized carbons (Fsp3) is 0.562. The number of benzene rings is 2. The van der Waals surface area contributed by atoms with Crippen molar-refractivity contribution >= 4 is 11.9 Å². The van der Waals surface area contributed by atoms with Gasteiger partial charge in [-0.25, -0.2) is 14.1 Å². The van der Waals surface area contributed by atoms with Crippen LogP contribution in [0.25, 0.3) is 0 Å². The average Bonchev–Trinajstić information content (AvgIpc) is 2.73. The highest BCUT2D eigenvalue weighted by atomic mass is 16.5. The lowest BCUT2D eigenvalue weighted by molar-refractivity contribution is -1.14. The molecule has 0 N–H and O–H groups in total. The summed E-state index contributed by atoms with van der Waals surface area (Å²) in [5, 5.41) is 0. The zero-order valence-electron chi connectivity index (χ0n) is 26.4. The van der Waals surface area contributed by atoms with Crippen LogP contribution in [0.3, 0.4) is 0 Å². The van der Waals surface area contributed by atoms with E-state index in [9.17, 15) is 9.59 Å². The van der Waals surface area contributed by atoms with Crippen LogP contribution >= 0.6 is 0 Å². The summed E-state index contributed by atoms with van der Waals surface area (Å²) in [7, 11) is 12.4. The number of hydrogen-bond donors (Lipinski definition) is 0. The molecule has 0 aromatic heterocycles. The summed E-state index contributed by atoms with van der Waals surface area (Å²) in [6, 6.07) is 12.1. The van der Waals surface area contributed by atoms with Gasteiger partial charge in [-0.3, -0.25) is 8.97 Å². The summed E-state index contributed by atoms with van der Waals surface area (Å²) < 4.78 is 13.1. The summed E-state index contributed by atoms with van der Waals surface area (Å²) in [5.41, 5.74) is 4.20. The first-order valence-corrected chi connectivity index (χ1v) is 13.9. The van der Waals surface area contributed by atoms with Crippen LogP contribution in [0, 0.1) is 13.8 Å². The Morgan fingerprint density at radius 1 is 0.615 bits per heavy atom. The lowest BCUT2D eigenvalue weighted by Gasteiger charge is -2.41. The molecule has 0 aliphatic heterocycles. The molecule has 0 bridgehead atoms. The van der Waals surface area contributed by atoms with Gasteiger partial charge in [-0.2, -0.15) is 0 Å². The van der Waals surface area contributed by atoms with E-state index in [4.69, 9.17) is 9.47 Å². The summed E-state index contributed by atoms with van der Waals surface area (Å²) in [5.74, 6) is 1.49. The van der Waals surface area contributed by atoms with Crippen molar-refractivity contribution in [2.75, 3.05) is 68.7 Å². The summed E-state index contributed by atoms with van der Waals surface area (Å²) in [4.78, 5) is 25.9. The van der Waals surface area contributed by atoms with Crippen LogP contribution in [-0.4, -0.2) is 94.1 Å². The highest BCUT2D eigenvalue weighted by Gasteiger charge is 2.37. The quantitative estimate of drug-likeness (QED) is 0.160. The third-order valence-corrected chi connectivity index (χ3v) is 6.85. The number of likely N-dealkylation sites (N-methyl/N-ethyl adjacent to an activating group) is 2. The van der Waals surface area contributed by atoms with Crippen molar-refractivity contribution in [2.45, 2.75) is 53.4 Å². The molecular weight excluding hydrogens is 490 g/mol. The van der Waals surface area contributed by atoms with Crippen LogP contribution < -0.4 is 9.47 Å². The molecule has 0 radical (unpaired) electrons. The maximum absolute atomic E-state index is 12.9. The van der Waals surface area contributed by atoms with E-state index in [0.717, 1.165) is 22.3 Å². The van der Waals surface area contributed by atoms with Gasteiger partial charge in [-0.15, -0.1) is 0 Å². The van der Waals surface area contributed by atoms with Crippen LogP contribution in [0.15, 0.2) is 36.4 Å². The fourth-order valence-electron chi connectivity index (χ4n) is 5.40. The Balaban J connectivity index is 2.00. The van der Waals surface area contributed by atoms with Gasteiger partial charge in [0.05, 0.1) is 42.3 Å². The van der Waals surface area contributed by atoms with Crippen molar-refractivity contribution < 1.29 is 32.5 Å². The van der Waals surface area contributed by atoms with Gasteiger partial charge in [-0.1, -0.05) is 52.0 Å². The molecule has 0 unspecified atom stereocenters. The van der Waals surface area contributed by atoms with Crippen molar-refractivity contribution in [3.63, 3.8) is 0 Å². The Bertz CT molecular complexity index is 1080. The number of ether oxygens (including phenoxy) is 2. The molecule has 0 spiro atoms. The van der Waals surface area contributed by atoms with E-state index in [1.54, 1.807) is 0 Å². The molecule has 0 saturated heterocycles. The first-order chi connectivity index (χ1) is 17.8. The Labute approximate surface area is 236 Å². The second kappa shape index (κ2) is 12.6. The van der Waals surface area contributed by atoms with Crippen molar-refractivity contribution in [1.29, 1.82) is 0 Å². The van der Waals surface area contributed by atoms with Gasteiger partial charge in [0.15, 0.2) is 13.1 Å². The van der Waals surface area contributed by atoms with E-state index in [1.165, 1.54) is 0 Å². The Morgan fingerprint density at radius 3 is 1.26 bits per heavy atom. The second-order valence-electron chi connectivity index (χ2n) is 13.7. The predicted molar refractivity (Wildman–Crippen MR) is 158 cm³/mol. The number of carbonyl (C=O) groups excluding carboxylic acids is 2. The minimum Gasteiger partial charge on any atom is -0.422 e. The Kier molecular flexibility index (Phi) is 10.5. The first-order valence-electron chi connectivity index (χ1n) is 13.9. The van der Waals surface area contributed by atoms with Crippen molar-refractivity contribution in [3.8, 4) is 11.5 Å². The highest BCUT2D eigenvalue weighted by molar-refractivity contribution is 5.74. The number of quaternary nitrogens is 3. The summed E-state index contributed by atoms with van der Waals surface area (Å²) >= 11 is 0. The zero-order valence-corrected chi connectivity index (χ0v) is 26.4. The van der Waals surface area contributed by atoms with Gasteiger partial charge >= 0.3 is 11.9 Å². The Morgan fingerprint density at radius 2 is 0.949 bits per heavy atom. The van der Waals surface area contributed by atoms with Crippen LogP contribution in [-0.2, 0) is 9.59 Å². The van der Waals surface area contributed by atoms with Gasteiger partial charge in [0.25, 0.3) is 0 Å². The lowest BCUT2D eigenvalue weighted by atomic mass is 10.0. The van der Waals surface area contributed by atoms with Crippen LogP contribution in [0.1, 0.15) is 61.8 Å². The molecule has 2 aromatic carbocycles. The maximum Gasteiger partial charge on any atom is 0.367 e. The molecular formula is C32H52N3O4+3. The number of rotatable bonds is 12. The van der Waals surface area contributed by atoms with Crippen molar-refractivity contribution in [3.05, 3.63) is 58.7 Å². The normalized spacial score (nSPS) is 12.7. The molecule has 2 rings (SSSR count). The molecule has 0 amide bonds. The molecule has 0 saturated carbocycles. The molecule has 0 fully saturated rings. The fourth-order valence-corrected chi connectivity index (χ4v) is 5.40. The van der Waals surface area contributed by atoms with Crippen LogP contribution in [0.4, 0.5) is 0 Å². The Hall–Kier alpha value is -2.74. The van der Waals surface area contributed by atoms with E-state index < -0.39 is 0 Å². The number of nitrogens with zero attached hydrogens (tertiary/aromatic N) is 3. The molecule has 0 heterocycles. The van der Waals surface area contributed by atoms with Crippen LogP contribution in [0.2, 0.25) is 0 Å². The highest BCUT2D eigenvalue weighted by Crippen LogP contribution is 2.26. The average molecular weight is 543 g/mol. The van der Waals surface area contributed by atoms with E-state index in [0.29, 0.717) is 50.1 Å². The topological polar surface area (TPSA) is 52.6 Å². The maximum atomic E-state index is 12.9. The van der Waals surface area contributed by atoms with E-state index in [1.807, 2.05) is 66.3 Å². The SMILES string of the molecule is Cc1ccc(C(C)C)cc1OC(=O)C[N+](C)(C)C[N+](C)(C)C[N+](C)(C)CC(=O)Oc1cc(C(C)C)ccc1C. The third kappa shape index (κ3) is 10.4. The third-order valence-electron chi connectivity index (χ3n) is 6.85. The van der Waals surface area contributed by atoms with E-state index >= 15 is 0 Å². The van der Waals surface area contributed by atoms with E-state index in [2.05, 4.69) is 53.9 Å².